The highest BCUT2D eigenvalue weighted by atomic mass is 16.3. The van der Waals surface area contributed by atoms with Gasteiger partial charge in [0.05, 0.1) is 0 Å². The van der Waals surface area contributed by atoms with Crippen LogP contribution in [0.3, 0.4) is 0 Å². The second-order valence-electron chi connectivity index (χ2n) is 3.74. The Hall–Kier alpha value is -2.43. The molecule has 17 heavy (non-hydrogen) atoms. The van der Waals surface area contributed by atoms with E-state index in [0.717, 1.165) is 12.0 Å². The Morgan fingerprint density at radius 1 is 1.29 bits per heavy atom. The average Bonchev–Trinajstić information content (AvgIpc) is 2.93. The van der Waals surface area contributed by atoms with Gasteiger partial charge in [-0.25, -0.2) is 0 Å². The predicted octanol–water partition coefficient (Wildman–Crippen LogP) is 2.11. The van der Waals surface area contributed by atoms with Gasteiger partial charge in [-0.1, -0.05) is 0 Å². The molecule has 0 amide bonds. The topological polar surface area (TPSA) is 60.4 Å². The van der Waals surface area contributed by atoms with E-state index in [1.54, 1.807) is 22.7 Å². The van der Waals surface area contributed by atoms with Gasteiger partial charge in [-0.15, -0.1) is 10.2 Å². The smallest absolute Gasteiger partial charge is 0.204 e. The molecule has 84 valence electrons. The monoisotopic (exact) mass is 227 g/mol. The number of carbonyl (C=O) groups is 1. The van der Waals surface area contributed by atoms with Gasteiger partial charge >= 0.3 is 0 Å². The fourth-order valence-electron chi connectivity index (χ4n) is 1.70. The normalized spacial score (nSPS) is 10.9. The first-order chi connectivity index (χ1) is 8.28. The van der Waals surface area contributed by atoms with Crippen molar-refractivity contribution in [3.63, 3.8) is 0 Å². The summed E-state index contributed by atoms with van der Waals surface area (Å²) in [6.45, 7) is 1.87. The molecule has 0 unspecified atom stereocenters. The number of pyridine rings is 1. The Morgan fingerprint density at radius 3 is 2.88 bits per heavy atom. The number of furan rings is 1. The third-order valence-corrected chi connectivity index (χ3v) is 2.53. The molecule has 0 fully saturated rings. The molecule has 5 nitrogen and oxygen atoms in total. The van der Waals surface area contributed by atoms with Crippen LogP contribution in [0.25, 0.3) is 17.2 Å². The molecule has 0 radical (unpaired) electrons. The molecular formula is C12H9N3O2. The van der Waals surface area contributed by atoms with Crippen molar-refractivity contribution in [1.82, 2.24) is 14.6 Å². The maximum Gasteiger partial charge on any atom is 0.204 e. The lowest BCUT2D eigenvalue weighted by Crippen LogP contribution is -1.89. The molecule has 0 aliphatic carbocycles. The third kappa shape index (κ3) is 1.52. The van der Waals surface area contributed by atoms with Gasteiger partial charge in [-0.2, -0.15) is 0 Å². The number of nitrogens with zero attached hydrogens (tertiary/aromatic N) is 3. The van der Waals surface area contributed by atoms with Gasteiger partial charge in [-0.3, -0.25) is 9.20 Å². The SMILES string of the molecule is Cc1ccc(-c2nnc3cc(C=O)ccn23)o1. The third-order valence-electron chi connectivity index (χ3n) is 2.53. The van der Waals surface area contributed by atoms with Crippen molar-refractivity contribution in [1.29, 1.82) is 0 Å². The summed E-state index contributed by atoms with van der Waals surface area (Å²) in [5.74, 6) is 2.11. The second kappa shape index (κ2) is 3.55. The van der Waals surface area contributed by atoms with Crippen LogP contribution in [0.1, 0.15) is 16.1 Å². The highest BCUT2D eigenvalue weighted by Crippen LogP contribution is 2.20. The fourth-order valence-corrected chi connectivity index (χ4v) is 1.70. The second-order valence-corrected chi connectivity index (χ2v) is 3.74. The number of hydrogen-bond acceptors (Lipinski definition) is 4. The summed E-state index contributed by atoms with van der Waals surface area (Å²) in [5, 5.41) is 8.06. The van der Waals surface area contributed by atoms with Gasteiger partial charge < -0.3 is 4.42 Å². The van der Waals surface area contributed by atoms with Crippen LogP contribution < -0.4 is 0 Å². The molecule has 0 atom stereocenters. The van der Waals surface area contributed by atoms with Crippen LogP contribution >= 0.6 is 0 Å². The molecule has 3 aromatic rings. The van der Waals surface area contributed by atoms with E-state index in [1.165, 1.54) is 0 Å². The number of hydrogen-bond donors (Lipinski definition) is 0. The molecular weight excluding hydrogens is 218 g/mol. The van der Waals surface area contributed by atoms with E-state index in [1.807, 2.05) is 19.1 Å². The minimum Gasteiger partial charge on any atom is -0.458 e. The zero-order valence-corrected chi connectivity index (χ0v) is 9.12. The zero-order valence-electron chi connectivity index (χ0n) is 9.12. The van der Waals surface area contributed by atoms with Crippen LogP contribution in [0.4, 0.5) is 0 Å². The number of carbonyl (C=O) groups excluding carboxylic acids is 1. The van der Waals surface area contributed by atoms with Gasteiger partial charge in [-0.05, 0) is 31.2 Å². The molecule has 5 heteroatoms. The molecule has 3 heterocycles. The maximum atomic E-state index is 10.7. The van der Waals surface area contributed by atoms with E-state index >= 15 is 0 Å². The van der Waals surface area contributed by atoms with Gasteiger partial charge in [0.2, 0.25) is 5.82 Å². The first-order valence-corrected chi connectivity index (χ1v) is 5.15. The Labute approximate surface area is 96.7 Å². The van der Waals surface area contributed by atoms with Crippen LogP contribution in [0.15, 0.2) is 34.9 Å². The van der Waals surface area contributed by atoms with Crippen molar-refractivity contribution < 1.29 is 9.21 Å². The standard InChI is InChI=1S/C12H9N3O2/c1-8-2-3-10(17-8)12-14-13-11-6-9(7-16)4-5-15(11)12/h2-7H,1H3. The number of aryl methyl sites for hydroxylation is 1. The number of aldehydes is 1. The van der Waals surface area contributed by atoms with Crippen LogP contribution in [0.5, 0.6) is 0 Å². The Bertz CT molecular complexity index is 697. The van der Waals surface area contributed by atoms with Gasteiger partial charge in [0.15, 0.2) is 11.4 Å². The molecule has 0 bridgehead atoms. The molecule has 0 aliphatic rings. The van der Waals surface area contributed by atoms with Crippen molar-refractivity contribution in [3.8, 4) is 11.6 Å². The summed E-state index contributed by atoms with van der Waals surface area (Å²) in [6.07, 6.45) is 2.54. The molecule has 0 spiro atoms. The molecule has 0 saturated carbocycles. The summed E-state index contributed by atoms with van der Waals surface area (Å²) >= 11 is 0. The molecule has 0 N–H and O–H groups in total. The summed E-state index contributed by atoms with van der Waals surface area (Å²) in [5.41, 5.74) is 1.20. The Kier molecular flexibility index (Phi) is 2.04. The lowest BCUT2D eigenvalue weighted by molar-refractivity contribution is 0.112. The number of aromatic nitrogens is 3. The van der Waals surface area contributed by atoms with Crippen molar-refractivity contribution in [3.05, 3.63) is 41.8 Å². The van der Waals surface area contributed by atoms with Gasteiger partial charge in [0, 0.05) is 11.8 Å². The highest BCUT2D eigenvalue weighted by Gasteiger charge is 2.11. The summed E-state index contributed by atoms with van der Waals surface area (Å²) < 4.78 is 7.28. The van der Waals surface area contributed by atoms with E-state index in [9.17, 15) is 4.79 Å². The van der Waals surface area contributed by atoms with Crippen molar-refractivity contribution >= 4 is 11.9 Å². The molecule has 0 aromatic carbocycles. The molecule has 0 aliphatic heterocycles. The lowest BCUT2D eigenvalue weighted by atomic mass is 10.3. The highest BCUT2D eigenvalue weighted by molar-refractivity contribution is 5.76. The van der Waals surface area contributed by atoms with Gasteiger partial charge in [0.1, 0.15) is 12.0 Å². The van der Waals surface area contributed by atoms with E-state index in [4.69, 9.17) is 4.42 Å². The molecule has 3 rings (SSSR count). The van der Waals surface area contributed by atoms with Crippen LogP contribution in [-0.2, 0) is 0 Å². The van der Waals surface area contributed by atoms with Crippen molar-refractivity contribution in [2.24, 2.45) is 0 Å². The Balaban J connectivity index is 2.21. The minimum absolute atomic E-state index is 0.576. The lowest BCUT2D eigenvalue weighted by Gasteiger charge is -1.96. The van der Waals surface area contributed by atoms with Crippen molar-refractivity contribution in [2.45, 2.75) is 6.92 Å². The first kappa shape index (κ1) is 9.77. The predicted molar refractivity (Wildman–Crippen MR) is 60.8 cm³/mol. The number of rotatable bonds is 2. The maximum absolute atomic E-state index is 10.7. The van der Waals surface area contributed by atoms with Crippen LogP contribution in [-0.4, -0.2) is 20.9 Å². The van der Waals surface area contributed by atoms with Gasteiger partial charge in [0.25, 0.3) is 0 Å². The Morgan fingerprint density at radius 2 is 2.18 bits per heavy atom. The average molecular weight is 227 g/mol. The first-order valence-electron chi connectivity index (χ1n) is 5.15. The van der Waals surface area contributed by atoms with Crippen LogP contribution in [0, 0.1) is 6.92 Å². The largest absolute Gasteiger partial charge is 0.458 e. The minimum atomic E-state index is 0.576. The molecule has 0 saturated heterocycles. The van der Waals surface area contributed by atoms with Crippen LogP contribution in [0.2, 0.25) is 0 Å². The quantitative estimate of drug-likeness (QED) is 0.629. The summed E-state index contributed by atoms with van der Waals surface area (Å²) in [6, 6.07) is 7.11. The summed E-state index contributed by atoms with van der Waals surface area (Å²) in [7, 11) is 0. The summed E-state index contributed by atoms with van der Waals surface area (Å²) in [4.78, 5) is 10.7. The van der Waals surface area contributed by atoms with E-state index < -0.39 is 0 Å². The van der Waals surface area contributed by atoms with E-state index in [-0.39, 0.29) is 0 Å². The number of fused-ring (bicyclic) bond motifs is 1. The molecule has 3 aromatic heterocycles. The van der Waals surface area contributed by atoms with Crippen molar-refractivity contribution in [2.75, 3.05) is 0 Å². The fraction of sp³-hybridized carbons (Fsp3) is 0.0833. The zero-order chi connectivity index (χ0) is 11.8. The van der Waals surface area contributed by atoms with E-state index in [2.05, 4.69) is 10.2 Å². The van der Waals surface area contributed by atoms with E-state index in [0.29, 0.717) is 22.8 Å².